The standard InChI is InChI=1S/C23H24F2N2O3/c1-13-12-26(22(30)17-8-14-4-2-3-5-15(14)11-20(17)28)6-7-27(13)21(29)16-9-18-19(10-16)23(18,24)25/h2-5,8,11,13,16,18-19,28H,6-7,9-10,12H2,1H3/t13-,16?,18-,19+/m0/s1. The zero-order valence-electron chi connectivity index (χ0n) is 16.7. The molecular weight excluding hydrogens is 390 g/mol. The fourth-order valence-electron chi connectivity index (χ4n) is 5.29. The van der Waals surface area contributed by atoms with E-state index in [0.717, 1.165) is 10.8 Å². The topological polar surface area (TPSA) is 60.9 Å². The van der Waals surface area contributed by atoms with Crippen molar-refractivity contribution in [2.75, 3.05) is 19.6 Å². The van der Waals surface area contributed by atoms with Crippen LogP contribution in [0.25, 0.3) is 10.8 Å². The van der Waals surface area contributed by atoms with Gasteiger partial charge in [0, 0.05) is 43.4 Å². The lowest BCUT2D eigenvalue weighted by Gasteiger charge is -2.41. The Labute approximate surface area is 173 Å². The van der Waals surface area contributed by atoms with Crippen LogP contribution in [0.15, 0.2) is 36.4 Å². The van der Waals surface area contributed by atoms with Crippen molar-refractivity contribution in [1.29, 1.82) is 0 Å². The molecular formula is C23H24F2N2O3. The van der Waals surface area contributed by atoms with Gasteiger partial charge in [0.05, 0.1) is 5.56 Å². The van der Waals surface area contributed by atoms with E-state index in [1.807, 2.05) is 31.2 Å². The highest BCUT2D eigenvalue weighted by Crippen LogP contribution is 2.65. The zero-order valence-corrected chi connectivity index (χ0v) is 16.7. The number of carbonyl (C=O) groups excluding carboxylic acids is 2. The second-order valence-corrected chi connectivity index (χ2v) is 8.90. The molecule has 1 heterocycles. The summed E-state index contributed by atoms with van der Waals surface area (Å²) < 4.78 is 26.9. The lowest BCUT2D eigenvalue weighted by Crippen LogP contribution is -2.56. The minimum Gasteiger partial charge on any atom is -0.507 e. The van der Waals surface area contributed by atoms with E-state index in [-0.39, 0.29) is 47.9 Å². The van der Waals surface area contributed by atoms with E-state index in [1.54, 1.807) is 21.9 Å². The first-order chi connectivity index (χ1) is 14.3. The van der Waals surface area contributed by atoms with E-state index in [1.165, 1.54) is 0 Å². The van der Waals surface area contributed by atoms with Crippen LogP contribution in [0.3, 0.4) is 0 Å². The molecule has 0 radical (unpaired) electrons. The predicted octanol–water partition coefficient (Wildman–Crippen LogP) is 3.51. The van der Waals surface area contributed by atoms with Gasteiger partial charge in [-0.25, -0.2) is 8.78 Å². The van der Waals surface area contributed by atoms with Crippen molar-refractivity contribution in [1.82, 2.24) is 9.80 Å². The number of alkyl halides is 2. The number of rotatable bonds is 2. The number of hydrogen-bond acceptors (Lipinski definition) is 3. The highest BCUT2D eigenvalue weighted by molar-refractivity contribution is 6.01. The largest absolute Gasteiger partial charge is 0.507 e. The Kier molecular flexibility index (Phi) is 4.27. The molecule has 7 heteroatoms. The summed E-state index contributed by atoms with van der Waals surface area (Å²) in [5.41, 5.74) is 0.249. The number of carbonyl (C=O) groups is 2. The van der Waals surface area contributed by atoms with Gasteiger partial charge in [-0.1, -0.05) is 24.3 Å². The van der Waals surface area contributed by atoms with Gasteiger partial charge in [-0.3, -0.25) is 9.59 Å². The van der Waals surface area contributed by atoms with Crippen LogP contribution in [0.2, 0.25) is 0 Å². The summed E-state index contributed by atoms with van der Waals surface area (Å²) in [6.45, 7) is 2.97. The number of nitrogens with zero attached hydrogens (tertiary/aromatic N) is 2. The van der Waals surface area contributed by atoms with E-state index in [9.17, 15) is 23.5 Å². The van der Waals surface area contributed by atoms with Gasteiger partial charge < -0.3 is 14.9 Å². The van der Waals surface area contributed by atoms with Gasteiger partial charge in [-0.05, 0) is 42.7 Å². The summed E-state index contributed by atoms with van der Waals surface area (Å²) >= 11 is 0. The summed E-state index contributed by atoms with van der Waals surface area (Å²) in [7, 11) is 0. The maximum atomic E-state index is 13.4. The summed E-state index contributed by atoms with van der Waals surface area (Å²) in [4.78, 5) is 29.3. The van der Waals surface area contributed by atoms with Crippen molar-refractivity contribution in [2.45, 2.75) is 31.7 Å². The number of phenols is 1. The zero-order chi connectivity index (χ0) is 21.2. The molecule has 2 saturated carbocycles. The molecule has 3 fully saturated rings. The maximum Gasteiger partial charge on any atom is 0.257 e. The summed E-state index contributed by atoms with van der Waals surface area (Å²) in [5.74, 6) is -4.54. The van der Waals surface area contributed by atoms with Crippen LogP contribution in [0.4, 0.5) is 8.78 Å². The third-order valence-corrected chi connectivity index (χ3v) is 7.08. The van der Waals surface area contributed by atoms with Crippen LogP contribution >= 0.6 is 0 Å². The molecule has 30 heavy (non-hydrogen) atoms. The predicted molar refractivity (Wildman–Crippen MR) is 107 cm³/mol. The number of hydrogen-bond donors (Lipinski definition) is 1. The Morgan fingerprint density at radius 1 is 1.07 bits per heavy atom. The van der Waals surface area contributed by atoms with E-state index in [2.05, 4.69) is 0 Å². The molecule has 158 valence electrons. The van der Waals surface area contributed by atoms with Crippen molar-refractivity contribution in [3.8, 4) is 5.75 Å². The number of amides is 2. The molecule has 0 spiro atoms. The second kappa shape index (κ2) is 6.65. The van der Waals surface area contributed by atoms with Crippen LogP contribution < -0.4 is 0 Å². The molecule has 2 aromatic rings. The third kappa shape index (κ3) is 2.94. The second-order valence-electron chi connectivity index (χ2n) is 8.90. The minimum absolute atomic E-state index is 0.0593. The van der Waals surface area contributed by atoms with E-state index in [0.29, 0.717) is 19.6 Å². The Balaban J connectivity index is 1.26. The lowest BCUT2D eigenvalue weighted by atomic mass is 9.99. The molecule has 2 amide bonds. The quantitative estimate of drug-likeness (QED) is 0.818. The number of aromatic hydroxyl groups is 1. The highest BCUT2D eigenvalue weighted by Gasteiger charge is 2.72. The molecule has 2 aromatic carbocycles. The van der Waals surface area contributed by atoms with E-state index < -0.39 is 17.8 Å². The summed E-state index contributed by atoms with van der Waals surface area (Å²) in [6.07, 6.45) is 0.542. The third-order valence-electron chi connectivity index (χ3n) is 7.08. The fourth-order valence-corrected chi connectivity index (χ4v) is 5.29. The molecule has 5 rings (SSSR count). The van der Waals surface area contributed by atoms with Gasteiger partial charge in [-0.15, -0.1) is 0 Å². The monoisotopic (exact) mass is 414 g/mol. The molecule has 1 N–H and O–H groups in total. The van der Waals surface area contributed by atoms with Gasteiger partial charge in [0.25, 0.3) is 11.8 Å². The fraction of sp³-hybridized carbons (Fsp3) is 0.478. The molecule has 1 aliphatic heterocycles. The number of piperazine rings is 1. The van der Waals surface area contributed by atoms with Gasteiger partial charge in [0.1, 0.15) is 5.75 Å². The minimum atomic E-state index is -2.57. The first-order valence-electron chi connectivity index (χ1n) is 10.5. The lowest BCUT2D eigenvalue weighted by molar-refractivity contribution is -0.140. The van der Waals surface area contributed by atoms with Gasteiger partial charge in [0.15, 0.2) is 0 Å². The van der Waals surface area contributed by atoms with Gasteiger partial charge in [-0.2, -0.15) is 0 Å². The molecule has 4 atom stereocenters. The Bertz CT molecular complexity index is 1030. The molecule has 1 saturated heterocycles. The van der Waals surface area contributed by atoms with Crippen molar-refractivity contribution >= 4 is 22.6 Å². The van der Waals surface area contributed by atoms with Crippen LogP contribution in [-0.2, 0) is 4.79 Å². The van der Waals surface area contributed by atoms with Gasteiger partial charge in [0.2, 0.25) is 5.91 Å². The molecule has 2 aliphatic carbocycles. The molecule has 1 unspecified atom stereocenters. The Morgan fingerprint density at radius 2 is 1.70 bits per heavy atom. The van der Waals surface area contributed by atoms with Crippen LogP contribution in [0.1, 0.15) is 30.1 Å². The smallest absolute Gasteiger partial charge is 0.257 e. The average molecular weight is 414 g/mol. The van der Waals surface area contributed by atoms with Crippen LogP contribution in [0, 0.1) is 17.8 Å². The number of phenolic OH excluding ortho intramolecular Hbond substituents is 1. The number of fused-ring (bicyclic) bond motifs is 2. The average Bonchev–Trinajstić information content (AvgIpc) is 3.07. The Hall–Kier alpha value is -2.70. The molecule has 5 nitrogen and oxygen atoms in total. The van der Waals surface area contributed by atoms with Crippen molar-refractivity contribution in [3.63, 3.8) is 0 Å². The van der Waals surface area contributed by atoms with Crippen molar-refractivity contribution in [3.05, 3.63) is 42.0 Å². The van der Waals surface area contributed by atoms with E-state index in [4.69, 9.17) is 0 Å². The molecule has 0 aromatic heterocycles. The molecule has 0 bridgehead atoms. The number of halogens is 2. The van der Waals surface area contributed by atoms with Gasteiger partial charge >= 0.3 is 0 Å². The normalized spacial score (nSPS) is 29.7. The Morgan fingerprint density at radius 3 is 2.33 bits per heavy atom. The SMILES string of the molecule is C[C@H]1CN(C(=O)c2cc3ccccc3cc2O)CCN1C(=O)C1C[C@@H]2[C@H](C1)C2(F)F. The van der Waals surface area contributed by atoms with Crippen LogP contribution in [-0.4, -0.2) is 58.3 Å². The van der Waals surface area contributed by atoms with Crippen LogP contribution in [0.5, 0.6) is 5.75 Å². The number of benzene rings is 2. The highest BCUT2D eigenvalue weighted by atomic mass is 19.3. The summed E-state index contributed by atoms with van der Waals surface area (Å²) in [6, 6.07) is 10.6. The molecule has 3 aliphatic rings. The van der Waals surface area contributed by atoms with Crippen molar-refractivity contribution < 1.29 is 23.5 Å². The summed E-state index contributed by atoms with van der Waals surface area (Å²) in [5, 5.41) is 12.1. The maximum absolute atomic E-state index is 13.4. The van der Waals surface area contributed by atoms with E-state index >= 15 is 0 Å². The first-order valence-corrected chi connectivity index (χ1v) is 10.5. The first kappa shape index (κ1) is 19.3. The van der Waals surface area contributed by atoms with Crippen molar-refractivity contribution in [2.24, 2.45) is 17.8 Å².